The lowest BCUT2D eigenvalue weighted by atomic mass is 9.88. The zero-order chi connectivity index (χ0) is 23.2. The highest BCUT2D eigenvalue weighted by Gasteiger charge is 2.49. The number of ether oxygens (including phenoxy) is 1. The van der Waals surface area contributed by atoms with Crippen LogP contribution in [0.1, 0.15) is 63.1 Å². The van der Waals surface area contributed by atoms with Crippen LogP contribution in [0.5, 0.6) is 5.75 Å². The second-order valence-corrected chi connectivity index (χ2v) is 10.8. The van der Waals surface area contributed by atoms with Crippen LogP contribution in [-0.4, -0.2) is 31.5 Å². The molecule has 2 aliphatic rings. The Morgan fingerprint density at radius 2 is 1.97 bits per heavy atom. The van der Waals surface area contributed by atoms with Crippen LogP contribution in [0.2, 0.25) is 0 Å². The number of hydrogen-bond donors (Lipinski definition) is 1. The Hall–Kier alpha value is -1.97. The number of esters is 1. The number of alkyl halides is 3. The highest BCUT2D eigenvalue weighted by Crippen LogP contribution is 2.44. The molecule has 174 valence electrons. The minimum absolute atomic E-state index is 0.0972. The third-order valence-electron chi connectivity index (χ3n) is 5.79. The van der Waals surface area contributed by atoms with E-state index < -0.39 is 32.9 Å². The third-order valence-corrected chi connectivity index (χ3v) is 6.74. The summed E-state index contributed by atoms with van der Waals surface area (Å²) in [6.45, 7) is 7.35. The van der Waals surface area contributed by atoms with Gasteiger partial charge in [0.2, 0.25) is 0 Å². The highest BCUT2D eigenvalue weighted by atomic mass is 32.2. The molecular weight excluding hydrogens is 435 g/mol. The minimum Gasteiger partial charge on any atom is -0.462 e. The van der Waals surface area contributed by atoms with Crippen LogP contribution in [0.25, 0.3) is 0 Å². The lowest BCUT2D eigenvalue weighted by Crippen LogP contribution is -2.30. The Morgan fingerprint density at radius 1 is 1.29 bits per heavy atom. The van der Waals surface area contributed by atoms with Gasteiger partial charge in [-0.2, -0.15) is 21.6 Å². The molecule has 0 saturated heterocycles. The quantitative estimate of drug-likeness (QED) is 0.389. The second kappa shape index (κ2) is 8.18. The van der Waals surface area contributed by atoms with Crippen molar-refractivity contribution in [1.29, 1.82) is 0 Å². The summed E-state index contributed by atoms with van der Waals surface area (Å²) in [5.74, 6) is -0.613. The van der Waals surface area contributed by atoms with E-state index in [0.29, 0.717) is 22.7 Å². The average molecular weight is 464 g/mol. The summed E-state index contributed by atoms with van der Waals surface area (Å²) in [5, 5.41) is 3.16. The van der Waals surface area contributed by atoms with Crippen LogP contribution in [0.15, 0.2) is 6.07 Å². The number of carbonyl (C=O) groups is 1. The molecule has 1 aromatic carbocycles. The molecule has 1 heterocycles. The number of rotatable bonds is 5. The van der Waals surface area contributed by atoms with E-state index in [0.717, 1.165) is 25.7 Å². The molecule has 0 aromatic heterocycles. The summed E-state index contributed by atoms with van der Waals surface area (Å²) in [4.78, 5) is 12.6. The van der Waals surface area contributed by atoms with Gasteiger partial charge in [0, 0.05) is 28.8 Å². The minimum atomic E-state index is -5.90. The molecule has 2 unspecified atom stereocenters. The van der Waals surface area contributed by atoms with Crippen molar-refractivity contribution in [2.75, 3.05) is 5.32 Å². The Labute approximate surface area is 180 Å². The fraction of sp³-hybridized carbons (Fsp3) is 0.667. The van der Waals surface area contributed by atoms with Gasteiger partial charge in [0.15, 0.2) is 5.75 Å². The van der Waals surface area contributed by atoms with Gasteiger partial charge in [-0.15, -0.1) is 0 Å². The first kappa shape index (κ1) is 23.7. The van der Waals surface area contributed by atoms with Crippen LogP contribution in [0.4, 0.5) is 18.9 Å². The molecule has 3 rings (SSSR count). The molecule has 0 bridgehead atoms. The third kappa shape index (κ3) is 5.27. The van der Waals surface area contributed by atoms with Gasteiger partial charge in [-0.05, 0) is 57.6 Å². The van der Waals surface area contributed by atoms with E-state index in [2.05, 4.69) is 16.4 Å². The number of nitrogens with one attached hydrogen (secondary N) is 1. The van der Waals surface area contributed by atoms with E-state index in [1.165, 1.54) is 0 Å². The van der Waals surface area contributed by atoms with Crippen LogP contribution in [0.3, 0.4) is 0 Å². The summed E-state index contributed by atoms with van der Waals surface area (Å²) in [7, 11) is -5.90. The first-order valence-electron chi connectivity index (χ1n) is 10.3. The van der Waals surface area contributed by atoms with Gasteiger partial charge in [-0.3, -0.25) is 4.79 Å². The van der Waals surface area contributed by atoms with Gasteiger partial charge in [-0.1, -0.05) is 13.3 Å². The van der Waals surface area contributed by atoms with Crippen molar-refractivity contribution in [3.63, 3.8) is 0 Å². The summed E-state index contributed by atoms with van der Waals surface area (Å²) < 4.78 is 72.9. The standard InChI is InChI=1S/C21H28F3NO5S/c1-12-6-5-7-14(8-12)29-18(26)10-15-13(2)9-17-16(11-20(3,4)25-17)19(15)30-31(27,28)21(22,23)24/h9,12,14,25H,5-8,10-11H2,1-4H3. The molecule has 0 radical (unpaired) electrons. The Kier molecular flexibility index (Phi) is 6.25. The molecule has 31 heavy (non-hydrogen) atoms. The lowest BCUT2D eigenvalue weighted by molar-refractivity contribution is -0.150. The van der Waals surface area contributed by atoms with Gasteiger partial charge >= 0.3 is 21.6 Å². The zero-order valence-corrected chi connectivity index (χ0v) is 18.9. The van der Waals surface area contributed by atoms with E-state index in [9.17, 15) is 26.4 Å². The van der Waals surface area contributed by atoms with Crippen molar-refractivity contribution in [1.82, 2.24) is 0 Å². The predicted octanol–water partition coefficient (Wildman–Crippen LogP) is 4.63. The Balaban J connectivity index is 1.95. The summed E-state index contributed by atoms with van der Waals surface area (Å²) in [6, 6.07) is 1.70. The maximum atomic E-state index is 13.0. The summed E-state index contributed by atoms with van der Waals surface area (Å²) in [5.41, 5.74) is -4.75. The summed E-state index contributed by atoms with van der Waals surface area (Å²) >= 11 is 0. The average Bonchev–Trinajstić information content (AvgIpc) is 2.90. The van der Waals surface area contributed by atoms with Crippen molar-refractivity contribution >= 4 is 21.8 Å². The van der Waals surface area contributed by atoms with E-state index in [4.69, 9.17) is 4.74 Å². The van der Waals surface area contributed by atoms with Gasteiger partial charge in [0.1, 0.15) is 6.10 Å². The molecule has 2 atom stereocenters. The molecule has 1 fully saturated rings. The molecule has 1 saturated carbocycles. The molecule has 0 amide bonds. The van der Waals surface area contributed by atoms with E-state index in [-0.39, 0.29) is 24.5 Å². The van der Waals surface area contributed by atoms with Crippen molar-refractivity contribution < 1.29 is 35.3 Å². The fourth-order valence-corrected chi connectivity index (χ4v) is 4.86. The normalized spacial score (nSPS) is 23.1. The van der Waals surface area contributed by atoms with Crippen LogP contribution < -0.4 is 9.50 Å². The van der Waals surface area contributed by atoms with Gasteiger partial charge in [-0.25, -0.2) is 0 Å². The molecule has 1 aliphatic heterocycles. The molecule has 1 aliphatic carbocycles. The number of hydrogen-bond acceptors (Lipinski definition) is 6. The number of aryl methyl sites for hydroxylation is 1. The van der Waals surface area contributed by atoms with Crippen molar-refractivity contribution in [2.45, 2.75) is 83.4 Å². The SMILES string of the molecule is Cc1cc2c(c(OS(=O)(=O)C(F)(F)F)c1CC(=O)OC1CCCC(C)C1)CC(C)(C)N2. The fourth-order valence-electron chi connectivity index (χ4n) is 4.35. The largest absolute Gasteiger partial charge is 0.534 e. The maximum absolute atomic E-state index is 13.0. The number of carbonyl (C=O) groups excluding carboxylic acids is 1. The number of anilines is 1. The van der Waals surface area contributed by atoms with Crippen molar-refractivity contribution in [2.24, 2.45) is 5.92 Å². The Morgan fingerprint density at radius 3 is 2.58 bits per heavy atom. The van der Waals surface area contributed by atoms with Crippen molar-refractivity contribution in [3.05, 3.63) is 22.8 Å². The van der Waals surface area contributed by atoms with Crippen LogP contribution in [-0.2, 0) is 32.5 Å². The number of halogens is 3. The van der Waals surface area contributed by atoms with Gasteiger partial charge < -0.3 is 14.2 Å². The highest BCUT2D eigenvalue weighted by molar-refractivity contribution is 7.88. The molecular formula is C21H28F3NO5S. The van der Waals surface area contributed by atoms with E-state index >= 15 is 0 Å². The molecule has 1 aromatic rings. The van der Waals surface area contributed by atoms with Gasteiger partial charge in [0.25, 0.3) is 0 Å². The second-order valence-electron chi connectivity index (χ2n) is 9.26. The predicted molar refractivity (Wildman–Crippen MR) is 109 cm³/mol. The van der Waals surface area contributed by atoms with E-state index in [1.807, 2.05) is 13.8 Å². The molecule has 1 N–H and O–H groups in total. The molecule has 10 heteroatoms. The monoisotopic (exact) mass is 463 g/mol. The topological polar surface area (TPSA) is 81.7 Å². The van der Waals surface area contributed by atoms with E-state index in [1.54, 1.807) is 13.0 Å². The zero-order valence-electron chi connectivity index (χ0n) is 18.1. The maximum Gasteiger partial charge on any atom is 0.534 e. The van der Waals surface area contributed by atoms with Crippen LogP contribution >= 0.6 is 0 Å². The lowest BCUT2D eigenvalue weighted by Gasteiger charge is -2.26. The van der Waals surface area contributed by atoms with Crippen LogP contribution in [0, 0.1) is 12.8 Å². The first-order valence-corrected chi connectivity index (χ1v) is 11.7. The Bertz CT molecular complexity index is 972. The molecule has 0 spiro atoms. The molecule has 6 nitrogen and oxygen atoms in total. The summed E-state index contributed by atoms with van der Waals surface area (Å²) in [6.07, 6.45) is 3.11. The van der Waals surface area contributed by atoms with Gasteiger partial charge in [0.05, 0.1) is 6.42 Å². The number of fused-ring (bicyclic) bond motifs is 1. The smallest absolute Gasteiger partial charge is 0.462 e. The van der Waals surface area contributed by atoms with Crippen molar-refractivity contribution in [3.8, 4) is 5.75 Å². The number of benzene rings is 1. The first-order chi connectivity index (χ1) is 14.2.